The zero-order chi connectivity index (χ0) is 13.4. The van der Waals surface area contributed by atoms with Gasteiger partial charge in [-0.15, -0.1) is 0 Å². The van der Waals surface area contributed by atoms with E-state index in [9.17, 15) is 0 Å². The summed E-state index contributed by atoms with van der Waals surface area (Å²) in [6.07, 6.45) is 2.20. The normalized spacial score (nSPS) is 39.3. The van der Waals surface area contributed by atoms with Gasteiger partial charge in [-0.3, -0.25) is 0 Å². The highest BCUT2D eigenvalue weighted by Gasteiger charge is 2.47. The molecule has 2 aliphatic heterocycles. The van der Waals surface area contributed by atoms with Crippen molar-refractivity contribution < 1.29 is 18.9 Å². The van der Waals surface area contributed by atoms with E-state index in [-0.39, 0.29) is 18.3 Å². The molecule has 0 bridgehead atoms. The summed E-state index contributed by atoms with van der Waals surface area (Å²) in [7, 11) is 0. The van der Waals surface area contributed by atoms with Gasteiger partial charge < -0.3 is 18.9 Å². The highest BCUT2D eigenvalue weighted by atomic mass is 35.5. The molecule has 18 heavy (non-hydrogen) atoms. The van der Waals surface area contributed by atoms with Gasteiger partial charge >= 0.3 is 0 Å². The standard InChI is InChI=1S/C13H21ClO4/c1-12(2)15-8-6-10(16-12)11-9(5-7-14)17-13(3,4)18-11/h5,7,9-11H,6,8H2,1-4H3/b7-5-/t9-,10+,11+/m0/s1. The second-order valence-electron chi connectivity index (χ2n) is 5.58. The number of hydrogen-bond donors (Lipinski definition) is 0. The van der Waals surface area contributed by atoms with Crippen molar-refractivity contribution in [3.63, 3.8) is 0 Å². The average Bonchev–Trinajstić information content (AvgIpc) is 2.53. The minimum absolute atomic E-state index is 0.0478. The van der Waals surface area contributed by atoms with E-state index in [1.807, 2.05) is 27.7 Å². The number of ether oxygens (including phenoxy) is 4. The van der Waals surface area contributed by atoms with E-state index in [4.69, 9.17) is 30.5 Å². The number of rotatable bonds is 2. The van der Waals surface area contributed by atoms with Crippen LogP contribution in [0.2, 0.25) is 0 Å². The van der Waals surface area contributed by atoms with Crippen LogP contribution in [0.3, 0.4) is 0 Å². The molecular weight excluding hydrogens is 256 g/mol. The van der Waals surface area contributed by atoms with Gasteiger partial charge in [-0.05, 0) is 40.2 Å². The first-order valence-corrected chi connectivity index (χ1v) is 6.71. The van der Waals surface area contributed by atoms with E-state index in [0.29, 0.717) is 6.61 Å². The molecule has 2 aliphatic rings. The van der Waals surface area contributed by atoms with Crippen molar-refractivity contribution in [3.8, 4) is 0 Å². The molecule has 0 unspecified atom stereocenters. The van der Waals surface area contributed by atoms with Crippen molar-refractivity contribution in [2.24, 2.45) is 0 Å². The fourth-order valence-electron chi connectivity index (χ4n) is 2.43. The van der Waals surface area contributed by atoms with E-state index in [1.165, 1.54) is 5.54 Å². The number of halogens is 1. The van der Waals surface area contributed by atoms with Crippen LogP contribution in [-0.4, -0.2) is 36.5 Å². The molecule has 0 aliphatic carbocycles. The minimum Gasteiger partial charge on any atom is -0.350 e. The summed E-state index contributed by atoms with van der Waals surface area (Å²) in [6.45, 7) is 8.27. The van der Waals surface area contributed by atoms with E-state index in [0.717, 1.165) is 6.42 Å². The molecule has 0 radical (unpaired) electrons. The van der Waals surface area contributed by atoms with Gasteiger partial charge in [-0.25, -0.2) is 0 Å². The third-order valence-corrected chi connectivity index (χ3v) is 3.23. The van der Waals surface area contributed by atoms with Crippen molar-refractivity contribution in [2.45, 2.75) is 64.0 Å². The SMILES string of the molecule is CC1(C)O[C@@H]([C@H]2CCOC(C)(C)O2)[C@H](/C=C\Cl)O1. The van der Waals surface area contributed by atoms with Crippen molar-refractivity contribution in [1.29, 1.82) is 0 Å². The van der Waals surface area contributed by atoms with Gasteiger partial charge in [0.2, 0.25) is 0 Å². The Kier molecular flexibility index (Phi) is 4.04. The van der Waals surface area contributed by atoms with E-state index >= 15 is 0 Å². The molecule has 0 aromatic carbocycles. The third kappa shape index (κ3) is 3.25. The first-order valence-electron chi connectivity index (χ1n) is 6.27. The van der Waals surface area contributed by atoms with Crippen LogP contribution < -0.4 is 0 Å². The molecule has 3 atom stereocenters. The lowest BCUT2D eigenvalue weighted by atomic mass is 10.0. The van der Waals surface area contributed by atoms with Gasteiger partial charge in [0.05, 0.1) is 12.7 Å². The van der Waals surface area contributed by atoms with Crippen LogP contribution in [-0.2, 0) is 18.9 Å². The molecule has 5 heteroatoms. The Bertz CT molecular complexity index is 327. The fourth-order valence-corrected chi connectivity index (χ4v) is 2.58. The maximum absolute atomic E-state index is 5.93. The maximum Gasteiger partial charge on any atom is 0.164 e. The van der Waals surface area contributed by atoms with E-state index in [2.05, 4.69) is 0 Å². The second kappa shape index (κ2) is 5.10. The Morgan fingerprint density at radius 3 is 2.39 bits per heavy atom. The first kappa shape index (κ1) is 14.3. The van der Waals surface area contributed by atoms with Crippen molar-refractivity contribution in [2.75, 3.05) is 6.61 Å². The van der Waals surface area contributed by atoms with Crippen LogP contribution >= 0.6 is 11.6 Å². The fraction of sp³-hybridized carbons (Fsp3) is 0.846. The summed E-state index contributed by atoms with van der Waals surface area (Å²) in [4.78, 5) is 0. The van der Waals surface area contributed by atoms with Crippen LogP contribution in [0.15, 0.2) is 11.6 Å². The molecule has 0 N–H and O–H groups in total. The molecule has 0 amide bonds. The summed E-state index contributed by atoms with van der Waals surface area (Å²) in [5.41, 5.74) is 1.47. The van der Waals surface area contributed by atoms with Gasteiger partial charge in [-0.1, -0.05) is 11.6 Å². The van der Waals surface area contributed by atoms with Crippen LogP contribution in [0, 0.1) is 0 Å². The van der Waals surface area contributed by atoms with Gasteiger partial charge in [0.1, 0.15) is 12.2 Å². The molecule has 2 heterocycles. The summed E-state index contributed by atoms with van der Waals surface area (Å²) >= 11 is 5.65. The molecular formula is C13H21ClO4. The third-order valence-electron chi connectivity index (χ3n) is 3.08. The van der Waals surface area contributed by atoms with E-state index in [1.54, 1.807) is 6.08 Å². The quantitative estimate of drug-likeness (QED) is 0.777. The lowest BCUT2D eigenvalue weighted by molar-refractivity contribution is -0.292. The van der Waals surface area contributed by atoms with Crippen LogP contribution in [0.1, 0.15) is 34.1 Å². The van der Waals surface area contributed by atoms with Crippen molar-refractivity contribution in [1.82, 2.24) is 0 Å². The summed E-state index contributed by atoms with van der Waals surface area (Å²) in [5.74, 6) is -1.19. The predicted octanol–water partition coefficient (Wildman–Crippen LogP) is 2.80. The Balaban J connectivity index is 2.10. The Hall–Kier alpha value is -0.130. The average molecular weight is 277 g/mol. The lowest BCUT2D eigenvalue weighted by Gasteiger charge is -2.38. The molecule has 0 aromatic heterocycles. The predicted molar refractivity (Wildman–Crippen MR) is 68.3 cm³/mol. The summed E-state index contributed by atoms with van der Waals surface area (Å²) < 4.78 is 23.2. The molecule has 0 aromatic rings. The molecule has 0 saturated carbocycles. The monoisotopic (exact) mass is 276 g/mol. The van der Waals surface area contributed by atoms with Crippen molar-refractivity contribution >= 4 is 11.6 Å². The second-order valence-corrected chi connectivity index (χ2v) is 5.83. The highest BCUT2D eigenvalue weighted by Crippen LogP contribution is 2.35. The van der Waals surface area contributed by atoms with Crippen LogP contribution in [0.5, 0.6) is 0 Å². The molecule has 0 spiro atoms. The molecule has 104 valence electrons. The Morgan fingerprint density at radius 1 is 1.06 bits per heavy atom. The van der Waals surface area contributed by atoms with Gasteiger partial charge in [0, 0.05) is 5.54 Å². The topological polar surface area (TPSA) is 36.9 Å². The van der Waals surface area contributed by atoms with Crippen LogP contribution in [0.25, 0.3) is 0 Å². The first-order chi connectivity index (χ1) is 8.33. The van der Waals surface area contributed by atoms with Crippen molar-refractivity contribution in [3.05, 3.63) is 11.6 Å². The molecule has 2 rings (SSSR count). The zero-order valence-electron chi connectivity index (χ0n) is 11.3. The Morgan fingerprint density at radius 2 is 1.78 bits per heavy atom. The zero-order valence-corrected chi connectivity index (χ0v) is 12.1. The molecule has 2 fully saturated rings. The smallest absolute Gasteiger partial charge is 0.164 e. The largest absolute Gasteiger partial charge is 0.350 e. The summed E-state index contributed by atoms with van der Waals surface area (Å²) in [5, 5.41) is 0. The highest BCUT2D eigenvalue weighted by molar-refractivity contribution is 6.25. The van der Waals surface area contributed by atoms with Gasteiger partial charge in [-0.2, -0.15) is 0 Å². The lowest BCUT2D eigenvalue weighted by Crippen LogP contribution is -2.47. The number of hydrogen-bond acceptors (Lipinski definition) is 4. The molecule has 2 saturated heterocycles. The van der Waals surface area contributed by atoms with Gasteiger partial charge in [0.25, 0.3) is 0 Å². The van der Waals surface area contributed by atoms with Crippen LogP contribution in [0.4, 0.5) is 0 Å². The Labute approximate surface area is 113 Å². The maximum atomic E-state index is 5.93. The van der Waals surface area contributed by atoms with E-state index < -0.39 is 11.6 Å². The minimum atomic E-state index is -0.614. The van der Waals surface area contributed by atoms with Gasteiger partial charge in [0.15, 0.2) is 11.6 Å². The molecule has 4 nitrogen and oxygen atoms in total. The summed E-state index contributed by atoms with van der Waals surface area (Å²) in [6, 6.07) is 0.